The molecule has 0 aliphatic heterocycles. The van der Waals surface area contributed by atoms with Gasteiger partial charge in [-0.15, -0.1) is 0 Å². The number of anilines is 1. The van der Waals surface area contributed by atoms with Gasteiger partial charge in [0, 0.05) is 31.0 Å². The summed E-state index contributed by atoms with van der Waals surface area (Å²) in [5.74, 6) is 0.0364. The van der Waals surface area contributed by atoms with Crippen molar-refractivity contribution in [2.24, 2.45) is 0 Å². The molecule has 27 heavy (non-hydrogen) atoms. The summed E-state index contributed by atoms with van der Waals surface area (Å²) < 4.78 is 32.7. The summed E-state index contributed by atoms with van der Waals surface area (Å²) in [5.41, 5.74) is 0.719. The first-order valence-electron chi connectivity index (χ1n) is 8.81. The van der Waals surface area contributed by atoms with Crippen molar-refractivity contribution in [2.75, 3.05) is 18.4 Å². The van der Waals surface area contributed by atoms with Crippen LogP contribution >= 0.6 is 0 Å². The molecule has 0 radical (unpaired) electrons. The topological polar surface area (TPSA) is 88.6 Å². The number of nitrogens with zero attached hydrogens (tertiary/aromatic N) is 2. The van der Waals surface area contributed by atoms with Gasteiger partial charge in [-0.1, -0.05) is 13.8 Å². The van der Waals surface area contributed by atoms with Crippen LogP contribution in [0.25, 0.3) is 0 Å². The maximum absolute atomic E-state index is 12.8. The van der Waals surface area contributed by atoms with E-state index in [4.69, 9.17) is 4.74 Å². The first-order valence-corrected chi connectivity index (χ1v) is 10.3. The van der Waals surface area contributed by atoms with E-state index in [0.717, 1.165) is 0 Å². The zero-order chi connectivity index (χ0) is 20.0. The van der Waals surface area contributed by atoms with Crippen LogP contribution in [-0.4, -0.2) is 42.8 Å². The molecule has 0 aliphatic carbocycles. The Morgan fingerprint density at radius 3 is 2.33 bits per heavy atom. The van der Waals surface area contributed by atoms with Crippen LogP contribution in [0, 0.1) is 0 Å². The zero-order valence-corrected chi connectivity index (χ0v) is 16.8. The van der Waals surface area contributed by atoms with Crippen LogP contribution in [0.1, 0.15) is 38.1 Å². The maximum Gasteiger partial charge on any atom is 0.255 e. The van der Waals surface area contributed by atoms with E-state index in [1.807, 2.05) is 13.8 Å². The molecule has 0 fully saturated rings. The van der Waals surface area contributed by atoms with Gasteiger partial charge in [0.25, 0.3) is 5.91 Å². The predicted molar refractivity (Wildman–Crippen MR) is 105 cm³/mol. The quantitative estimate of drug-likeness (QED) is 0.747. The molecule has 2 aromatic rings. The number of benzene rings is 1. The Morgan fingerprint density at radius 1 is 1.15 bits per heavy atom. The molecule has 0 unspecified atom stereocenters. The Hall–Kier alpha value is -2.45. The van der Waals surface area contributed by atoms with Crippen LogP contribution in [0.4, 0.5) is 5.69 Å². The summed E-state index contributed by atoms with van der Waals surface area (Å²) in [7, 11) is -3.65. The monoisotopic (exact) mass is 391 g/mol. The zero-order valence-electron chi connectivity index (χ0n) is 16.0. The van der Waals surface area contributed by atoms with Crippen molar-refractivity contribution in [3.05, 3.63) is 48.3 Å². The lowest BCUT2D eigenvalue weighted by molar-refractivity contribution is 0.102. The highest BCUT2D eigenvalue weighted by Crippen LogP contribution is 2.30. The van der Waals surface area contributed by atoms with Gasteiger partial charge in [-0.3, -0.25) is 9.78 Å². The van der Waals surface area contributed by atoms with Gasteiger partial charge in [0.15, 0.2) is 0 Å². The largest absolute Gasteiger partial charge is 0.489 e. The van der Waals surface area contributed by atoms with Crippen molar-refractivity contribution in [3.8, 4) is 5.75 Å². The molecule has 1 amide bonds. The standard InChI is InChI=1S/C19H25N3O4S/c1-5-22(6-2)27(24,25)16-7-8-18(26-14(3)4)17(13-16)21-19(23)15-9-11-20-12-10-15/h7-14H,5-6H2,1-4H3,(H,21,23). The number of pyridine rings is 1. The number of sulfonamides is 1. The fourth-order valence-corrected chi connectivity index (χ4v) is 4.02. The van der Waals surface area contributed by atoms with E-state index >= 15 is 0 Å². The number of ether oxygens (including phenoxy) is 1. The smallest absolute Gasteiger partial charge is 0.255 e. The molecular formula is C19H25N3O4S. The molecule has 1 aromatic carbocycles. The minimum absolute atomic E-state index is 0.104. The number of amides is 1. The van der Waals surface area contributed by atoms with Crippen LogP contribution in [0.2, 0.25) is 0 Å². The Morgan fingerprint density at radius 2 is 1.78 bits per heavy atom. The first kappa shape index (κ1) is 20.9. The normalized spacial score (nSPS) is 11.6. The molecule has 0 atom stereocenters. The fraction of sp³-hybridized carbons (Fsp3) is 0.368. The Bertz CT molecular complexity index is 879. The fourth-order valence-electron chi connectivity index (χ4n) is 2.53. The number of aromatic nitrogens is 1. The van der Waals surface area contributed by atoms with E-state index in [9.17, 15) is 13.2 Å². The minimum Gasteiger partial charge on any atom is -0.489 e. The third-order valence-electron chi connectivity index (χ3n) is 3.85. The Kier molecular flexibility index (Phi) is 6.92. The van der Waals surface area contributed by atoms with Crippen molar-refractivity contribution >= 4 is 21.6 Å². The van der Waals surface area contributed by atoms with E-state index in [0.29, 0.717) is 30.1 Å². The number of rotatable bonds is 8. The molecular weight excluding hydrogens is 366 g/mol. The van der Waals surface area contributed by atoms with Crippen molar-refractivity contribution < 1.29 is 17.9 Å². The number of hydrogen-bond donors (Lipinski definition) is 1. The van der Waals surface area contributed by atoms with E-state index < -0.39 is 10.0 Å². The average molecular weight is 391 g/mol. The van der Waals surface area contributed by atoms with E-state index in [1.54, 1.807) is 32.0 Å². The molecule has 146 valence electrons. The number of nitrogens with one attached hydrogen (secondary N) is 1. The van der Waals surface area contributed by atoms with Crippen molar-refractivity contribution in [2.45, 2.75) is 38.7 Å². The second kappa shape index (κ2) is 8.96. The first-order chi connectivity index (χ1) is 12.8. The highest BCUT2D eigenvalue weighted by molar-refractivity contribution is 7.89. The summed E-state index contributed by atoms with van der Waals surface area (Å²) in [6.07, 6.45) is 2.90. The summed E-state index contributed by atoms with van der Waals surface area (Å²) in [6, 6.07) is 7.65. The van der Waals surface area contributed by atoms with Gasteiger partial charge in [-0.05, 0) is 44.2 Å². The molecule has 7 nitrogen and oxygen atoms in total. The second-order valence-electron chi connectivity index (χ2n) is 6.10. The van der Waals surface area contributed by atoms with Gasteiger partial charge in [0.2, 0.25) is 10.0 Å². The van der Waals surface area contributed by atoms with Crippen LogP contribution in [0.5, 0.6) is 5.75 Å². The molecule has 0 spiro atoms. The highest BCUT2D eigenvalue weighted by atomic mass is 32.2. The Balaban J connectivity index is 2.44. The van der Waals surface area contributed by atoms with Crippen LogP contribution in [0.15, 0.2) is 47.6 Å². The molecule has 0 aliphatic rings. The van der Waals surface area contributed by atoms with Crippen molar-refractivity contribution in [3.63, 3.8) is 0 Å². The average Bonchev–Trinajstić information content (AvgIpc) is 2.64. The Labute approximate surface area is 160 Å². The van der Waals surface area contributed by atoms with E-state index in [2.05, 4.69) is 10.3 Å². The maximum atomic E-state index is 12.8. The molecule has 2 rings (SSSR count). The van der Waals surface area contributed by atoms with Crippen molar-refractivity contribution in [1.82, 2.24) is 9.29 Å². The van der Waals surface area contributed by atoms with Crippen LogP contribution < -0.4 is 10.1 Å². The second-order valence-corrected chi connectivity index (χ2v) is 8.04. The van der Waals surface area contributed by atoms with Crippen LogP contribution in [-0.2, 0) is 10.0 Å². The molecule has 0 saturated heterocycles. The number of carbonyl (C=O) groups excluding carboxylic acids is 1. The molecule has 0 saturated carbocycles. The summed E-state index contributed by atoms with van der Waals surface area (Å²) in [5, 5.41) is 2.74. The molecule has 0 bridgehead atoms. The summed E-state index contributed by atoms with van der Waals surface area (Å²) in [4.78, 5) is 16.5. The van der Waals surface area contributed by atoms with Gasteiger partial charge < -0.3 is 10.1 Å². The van der Waals surface area contributed by atoms with E-state index in [1.165, 1.54) is 28.8 Å². The molecule has 1 N–H and O–H groups in total. The van der Waals surface area contributed by atoms with Gasteiger partial charge in [-0.2, -0.15) is 4.31 Å². The lowest BCUT2D eigenvalue weighted by atomic mass is 10.2. The molecule has 8 heteroatoms. The number of carbonyl (C=O) groups is 1. The summed E-state index contributed by atoms with van der Waals surface area (Å²) in [6.45, 7) is 8.00. The van der Waals surface area contributed by atoms with E-state index in [-0.39, 0.29) is 16.9 Å². The third kappa shape index (κ3) is 5.05. The molecule has 1 heterocycles. The van der Waals surface area contributed by atoms with Gasteiger partial charge in [0.05, 0.1) is 16.7 Å². The van der Waals surface area contributed by atoms with Gasteiger partial charge in [0.1, 0.15) is 5.75 Å². The number of hydrogen-bond acceptors (Lipinski definition) is 5. The van der Waals surface area contributed by atoms with Gasteiger partial charge in [-0.25, -0.2) is 8.42 Å². The summed E-state index contributed by atoms with van der Waals surface area (Å²) >= 11 is 0. The molecule has 1 aromatic heterocycles. The van der Waals surface area contributed by atoms with Crippen molar-refractivity contribution in [1.29, 1.82) is 0 Å². The van der Waals surface area contributed by atoms with Crippen LogP contribution in [0.3, 0.4) is 0 Å². The SMILES string of the molecule is CCN(CC)S(=O)(=O)c1ccc(OC(C)C)c(NC(=O)c2ccncc2)c1. The minimum atomic E-state index is -3.65. The lowest BCUT2D eigenvalue weighted by Gasteiger charge is -2.20. The highest BCUT2D eigenvalue weighted by Gasteiger charge is 2.23. The predicted octanol–water partition coefficient (Wildman–Crippen LogP) is 3.15. The lowest BCUT2D eigenvalue weighted by Crippen LogP contribution is -2.30. The van der Waals surface area contributed by atoms with Gasteiger partial charge >= 0.3 is 0 Å². The third-order valence-corrected chi connectivity index (χ3v) is 5.89.